The molecule has 3 rings (SSSR count). The van der Waals surface area contributed by atoms with Crippen molar-refractivity contribution in [2.45, 2.75) is 4.90 Å². The number of phenolic OH excluding ortho intramolecular Hbond substituents is 1. The Kier molecular flexibility index (Phi) is 4.72. The number of para-hydroxylation sites is 1. The number of rotatable bonds is 2. The average Bonchev–Trinajstić information content (AvgIpc) is 2.81. The summed E-state index contributed by atoms with van der Waals surface area (Å²) in [7, 11) is -4.56. The van der Waals surface area contributed by atoms with Crippen LogP contribution in [0.4, 0.5) is 0 Å². The Morgan fingerprint density at radius 1 is 1.14 bits per heavy atom. The predicted octanol–water partition coefficient (Wildman–Crippen LogP) is -0.423. The van der Waals surface area contributed by atoms with Gasteiger partial charge in [-0.25, -0.2) is 13.4 Å². The van der Waals surface area contributed by atoms with Crippen LogP contribution in [0.5, 0.6) is 5.75 Å². The third-order valence-electron chi connectivity index (χ3n) is 2.78. The molecule has 0 unspecified atom stereocenters. The summed E-state index contributed by atoms with van der Waals surface area (Å²) in [6, 6.07) is 10.8. The van der Waals surface area contributed by atoms with E-state index < -0.39 is 10.1 Å². The molecule has 0 saturated heterocycles. The van der Waals surface area contributed by atoms with Crippen molar-refractivity contribution in [2.75, 3.05) is 0 Å². The summed E-state index contributed by atoms with van der Waals surface area (Å²) in [6.45, 7) is 0. The molecule has 0 atom stereocenters. The van der Waals surface area contributed by atoms with E-state index in [9.17, 15) is 18.1 Å². The molecule has 1 aromatic heterocycles. The van der Waals surface area contributed by atoms with Crippen LogP contribution < -0.4 is 29.6 Å². The fourth-order valence-electron chi connectivity index (χ4n) is 1.83. The smallest absolute Gasteiger partial charge is 0.744 e. The number of aromatic nitrogens is 1. The average molecular weight is 329 g/mol. The number of nitrogens with zero attached hydrogens (tertiary/aromatic N) is 1. The van der Waals surface area contributed by atoms with Crippen LogP contribution in [0.3, 0.4) is 0 Å². The molecule has 0 bridgehead atoms. The molecule has 0 spiro atoms. The molecular weight excluding hydrogens is 321 g/mol. The largest absolute Gasteiger partial charge is 1.00 e. The van der Waals surface area contributed by atoms with Crippen molar-refractivity contribution >= 4 is 31.7 Å². The van der Waals surface area contributed by atoms with Gasteiger partial charge in [-0.2, -0.15) is 0 Å². The van der Waals surface area contributed by atoms with E-state index in [2.05, 4.69) is 4.98 Å². The number of hydrogen-bond donors (Lipinski definition) is 1. The minimum absolute atomic E-state index is 0. The molecule has 1 heterocycles. The molecule has 0 saturated carbocycles. The number of hydrogen-bond acceptors (Lipinski definition) is 6. The summed E-state index contributed by atoms with van der Waals surface area (Å²) >= 11 is 1.32. The van der Waals surface area contributed by atoms with E-state index >= 15 is 0 Å². The van der Waals surface area contributed by atoms with Crippen molar-refractivity contribution in [1.82, 2.24) is 4.98 Å². The topological polar surface area (TPSA) is 90.3 Å². The molecule has 0 aliphatic heterocycles. The van der Waals surface area contributed by atoms with Crippen LogP contribution >= 0.6 is 11.3 Å². The van der Waals surface area contributed by atoms with Crippen molar-refractivity contribution in [3.8, 4) is 16.3 Å². The molecule has 0 amide bonds. The monoisotopic (exact) mass is 329 g/mol. The Labute approximate surface area is 147 Å². The van der Waals surface area contributed by atoms with Crippen LogP contribution in [0.2, 0.25) is 0 Å². The molecular formula is C13H8NNaO4S2. The Morgan fingerprint density at radius 2 is 1.86 bits per heavy atom. The Bertz CT molecular complexity index is 872. The SMILES string of the molecule is O=S(=O)([O-])c1ccc(O)c(-c2nc3ccccc3s2)c1.[Na+]. The standard InChI is InChI=1S/C13H9NO4S2.Na/c15-11-6-5-8(20(16,17)18)7-9(11)13-14-10-3-1-2-4-12(10)19-13;/h1-7,15H,(H,16,17,18);/q;+1/p-1. The zero-order valence-corrected chi connectivity index (χ0v) is 14.6. The quantitative estimate of drug-likeness (QED) is 0.509. The van der Waals surface area contributed by atoms with E-state index in [-0.39, 0.29) is 45.8 Å². The van der Waals surface area contributed by atoms with Crippen molar-refractivity contribution in [1.29, 1.82) is 0 Å². The number of thiazole rings is 1. The van der Waals surface area contributed by atoms with Gasteiger partial charge in [-0.3, -0.25) is 0 Å². The van der Waals surface area contributed by atoms with Gasteiger partial charge >= 0.3 is 29.6 Å². The van der Waals surface area contributed by atoms with Gasteiger partial charge in [0.25, 0.3) is 0 Å². The van der Waals surface area contributed by atoms with Crippen molar-refractivity contribution in [3.05, 3.63) is 42.5 Å². The van der Waals surface area contributed by atoms with Crippen molar-refractivity contribution in [3.63, 3.8) is 0 Å². The Balaban J connectivity index is 0.00000161. The van der Waals surface area contributed by atoms with Gasteiger partial charge in [0.2, 0.25) is 0 Å². The summed E-state index contributed by atoms with van der Waals surface area (Å²) in [5.74, 6) is -0.114. The number of benzene rings is 2. The maximum Gasteiger partial charge on any atom is 1.00 e. The van der Waals surface area contributed by atoms with Crippen LogP contribution in [0.1, 0.15) is 0 Å². The number of fused-ring (bicyclic) bond motifs is 1. The van der Waals surface area contributed by atoms with E-state index in [1.54, 1.807) is 0 Å². The molecule has 0 fully saturated rings. The van der Waals surface area contributed by atoms with E-state index in [1.165, 1.54) is 17.4 Å². The second-order valence-corrected chi connectivity index (χ2v) is 6.53. The zero-order chi connectivity index (χ0) is 14.3. The minimum Gasteiger partial charge on any atom is -0.744 e. The number of aromatic hydroxyl groups is 1. The molecule has 5 nitrogen and oxygen atoms in total. The summed E-state index contributed by atoms with van der Waals surface area (Å²) in [6.07, 6.45) is 0. The van der Waals surface area contributed by atoms with Gasteiger partial charge in [0, 0.05) is 0 Å². The van der Waals surface area contributed by atoms with Crippen LogP contribution in [0.15, 0.2) is 47.4 Å². The van der Waals surface area contributed by atoms with Gasteiger partial charge < -0.3 is 9.66 Å². The summed E-state index contributed by atoms with van der Waals surface area (Å²) in [4.78, 5) is 3.94. The first-order chi connectivity index (χ1) is 9.45. The van der Waals surface area contributed by atoms with Crippen molar-refractivity contribution < 1.29 is 47.6 Å². The third-order valence-corrected chi connectivity index (χ3v) is 4.68. The molecule has 0 aliphatic rings. The fourth-order valence-corrected chi connectivity index (χ4v) is 3.32. The third kappa shape index (κ3) is 3.28. The van der Waals surface area contributed by atoms with Gasteiger partial charge in [-0.1, -0.05) is 12.1 Å². The zero-order valence-electron chi connectivity index (χ0n) is 11.0. The van der Waals surface area contributed by atoms with Crippen LogP contribution in [-0.2, 0) is 10.1 Å². The number of phenols is 1. The van der Waals surface area contributed by atoms with E-state index in [0.29, 0.717) is 5.01 Å². The maximum atomic E-state index is 11.0. The maximum absolute atomic E-state index is 11.0. The van der Waals surface area contributed by atoms with Gasteiger partial charge in [0.1, 0.15) is 20.9 Å². The molecule has 3 aromatic rings. The van der Waals surface area contributed by atoms with E-state index in [1.807, 2.05) is 24.3 Å². The van der Waals surface area contributed by atoms with Gasteiger partial charge in [-0.05, 0) is 30.3 Å². The van der Waals surface area contributed by atoms with Crippen LogP contribution in [-0.4, -0.2) is 23.1 Å². The normalized spacial score (nSPS) is 11.3. The summed E-state index contributed by atoms with van der Waals surface area (Å²) < 4.78 is 34.1. The van der Waals surface area contributed by atoms with Gasteiger partial charge in [0.05, 0.1) is 20.7 Å². The fraction of sp³-hybridized carbons (Fsp3) is 0. The second-order valence-electron chi connectivity index (χ2n) is 4.12. The van der Waals surface area contributed by atoms with E-state index in [0.717, 1.165) is 22.3 Å². The molecule has 8 heteroatoms. The van der Waals surface area contributed by atoms with Crippen LogP contribution in [0.25, 0.3) is 20.8 Å². The van der Waals surface area contributed by atoms with Gasteiger partial charge in [-0.15, -0.1) is 11.3 Å². The summed E-state index contributed by atoms with van der Waals surface area (Å²) in [5.41, 5.74) is 0.991. The molecule has 21 heavy (non-hydrogen) atoms. The first kappa shape index (κ1) is 16.4. The minimum atomic E-state index is -4.56. The van der Waals surface area contributed by atoms with E-state index in [4.69, 9.17) is 0 Å². The first-order valence-corrected chi connectivity index (χ1v) is 7.82. The second kappa shape index (κ2) is 6.04. The molecule has 1 N–H and O–H groups in total. The van der Waals surface area contributed by atoms with Gasteiger partial charge in [0.15, 0.2) is 0 Å². The van der Waals surface area contributed by atoms with Crippen molar-refractivity contribution in [2.24, 2.45) is 0 Å². The predicted molar refractivity (Wildman–Crippen MR) is 74.7 cm³/mol. The Hall–Kier alpha value is -0.960. The molecule has 102 valence electrons. The Morgan fingerprint density at radius 3 is 2.52 bits per heavy atom. The molecule has 0 radical (unpaired) electrons. The van der Waals surface area contributed by atoms with Crippen LogP contribution in [0, 0.1) is 0 Å². The molecule has 2 aromatic carbocycles. The summed E-state index contributed by atoms with van der Waals surface area (Å²) in [5, 5.41) is 10.3. The first-order valence-electron chi connectivity index (χ1n) is 5.60. The molecule has 0 aliphatic carbocycles.